The van der Waals surface area contributed by atoms with Crippen molar-refractivity contribution in [3.63, 3.8) is 0 Å². The number of rotatable bonds is 7. The second-order valence-corrected chi connectivity index (χ2v) is 8.59. The first-order chi connectivity index (χ1) is 15.9. The van der Waals surface area contributed by atoms with Crippen molar-refractivity contribution < 1.29 is 19.1 Å². The molecule has 0 radical (unpaired) electrons. The molecule has 1 fully saturated rings. The van der Waals surface area contributed by atoms with Crippen LogP contribution in [0.25, 0.3) is 0 Å². The maximum atomic E-state index is 13.1. The number of nitrogens with zero attached hydrogens (tertiary/aromatic N) is 4. The lowest BCUT2D eigenvalue weighted by Crippen LogP contribution is -2.62. The first-order valence-corrected chi connectivity index (χ1v) is 11.1. The van der Waals surface area contributed by atoms with Gasteiger partial charge in [-0.3, -0.25) is 24.0 Å². The maximum absolute atomic E-state index is 13.1. The molecule has 10 nitrogen and oxygen atoms in total. The van der Waals surface area contributed by atoms with E-state index in [0.717, 1.165) is 25.2 Å². The van der Waals surface area contributed by atoms with Crippen molar-refractivity contribution in [2.75, 3.05) is 46.4 Å². The van der Waals surface area contributed by atoms with Gasteiger partial charge in [0.25, 0.3) is 11.8 Å². The molecule has 0 unspecified atom stereocenters. The Kier molecular flexibility index (Phi) is 6.75. The van der Waals surface area contributed by atoms with E-state index < -0.39 is 5.54 Å². The topological polar surface area (TPSA) is 109 Å². The van der Waals surface area contributed by atoms with E-state index in [1.54, 1.807) is 14.0 Å². The molecule has 2 aliphatic heterocycles. The van der Waals surface area contributed by atoms with Crippen LogP contribution in [0.5, 0.6) is 0 Å². The highest BCUT2D eigenvalue weighted by atomic mass is 16.5. The molecular weight excluding hydrogens is 424 g/mol. The number of amides is 3. The average Bonchev–Trinajstić information content (AvgIpc) is 3.26. The van der Waals surface area contributed by atoms with Crippen LogP contribution in [-0.4, -0.2) is 89.3 Å². The van der Waals surface area contributed by atoms with Gasteiger partial charge in [-0.15, -0.1) is 0 Å². The third-order valence-electron chi connectivity index (χ3n) is 6.34. The monoisotopic (exact) mass is 454 g/mol. The van der Waals surface area contributed by atoms with E-state index in [2.05, 4.69) is 20.6 Å². The molecule has 0 saturated carbocycles. The Labute approximate surface area is 192 Å². The molecule has 176 valence electrons. The fourth-order valence-corrected chi connectivity index (χ4v) is 4.05. The zero-order valence-electron chi connectivity index (χ0n) is 19.0. The Morgan fingerprint density at radius 1 is 1.15 bits per heavy atom. The summed E-state index contributed by atoms with van der Waals surface area (Å²) >= 11 is 0. The highest BCUT2D eigenvalue weighted by molar-refractivity contribution is 6.01. The summed E-state index contributed by atoms with van der Waals surface area (Å²) in [6.07, 6.45) is 0. The molecule has 3 amide bonds. The van der Waals surface area contributed by atoms with Gasteiger partial charge < -0.3 is 20.3 Å². The number of aromatic nitrogens is 2. The SMILES string of the molecule is CN1C(=O)c2cc(C(=O)NCCN3CCOCC3)nn2C[C@@]1(C)C(=O)NCc1ccccc1. The van der Waals surface area contributed by atoms with Crippen LogP contribution < -0.4 is 10.6 Å². The molecule has 0 bridgehead atoms. The Morgan fingerprint density at radius 3 is 2.61 bits per heavy atom. The van der Waals surface area contributed by atoms with Crippen molar-refractivity contribution >= 4 is 17.7 Å². The van der Waals surface area contributed by atoms with E-state index in [1.807, 2.05) is 30.3 Å². The molecule has 4 rings (SSSR count). The lowest BCUT2D eigenvalue weighted by atomic mass is 9.96. The van der Waals surface area contributed by atoms with E-state index in [4.69, 9.17) is 4.74 Å². The standard InChI is InChI=1S/C23H30N6O4/c1-23(22(32)25-15-17-6-4-3-5-7-17)16-29-19(21(31)27(23)2)14-18(26-29)20(30)24-8-9-28-10-12-33-13-11-28/h3-7,14H,8-13,15-16H2,1-2H3,(H,24,30)(H,25,32)/t23-/m0/s1. The smallest absolute Gasteiger partial charge is 0.272 e. The fraction of sp³-hybridized carbons (Fsp3) is 0.478. The van der Waals surface area contributed by atoms with Crippen molar-refractivity contribution in [3.05, 3.63) is 53.3 Å². The van der Waals surface area contributed by atoms with Crippen LogP contribution in [0, 0.1) is 0 Å². The van der Waals surface area contributed by atoms with Gasteiger partial charge in [-0.1, -0.05) is 30.3 Å². The Balaban J connectivity index is 1.40. The van der Waals surface area contributed by atoms with Gasteiger partial charge in [0, 0.05) is 45.8 Å². The average molecular weight is 455 g/mol. The Morgan fingerprint density at radius 2 is 1.88 bits per heavy atom. The number of hydrogen-bond donors (Lipinski definition) is 2. The van der Waals surface area contributed by atoms with Gasteiger partial charge in [-0.25, -0.2) is 0 Å². The quantitative estimate of drug-likeness (QED) is 0.615. The predicted octanol–water partition coefficient (Wildman–Crippen LogP) is 0.106. The highest BCUT2D eigenvalue weighted by Gasteiger charge is 2.46. The molecule has 1 atom stereocenters. The van der Waals surface area contributed by atoms with Gasteiger partial charge in [0.15, 0.2) is 5.69 Å². The van der Waals surface area contributed by atoms with Gasteiger partial charge in [-0.05, 0) is 12.5 Å². The molecule has 3 heterocycles. The molecule has 2 aromatic rings. The molecular formula is C23H30N6O4. The molecule has 10 heteroatoms. The van der Waals surface area contributed by atoms with E-state index >= 15 is 0 Å². The number of morpholine rings is 1. The summed E-state index contributed by atoms with van der Waals surface area (Å²) in [5.41, 5.74) is 0.302. The van der Waals surface area contributed by atoms with E-state index in [0.29, 0.717) is 32.0 Å². The van der Waals surface area contributed by atoms with Crippen LogP contribution in [0.4, 0.5) is 0 Å². The van der Waals surface area contributed by atoms with Crippen LogP contribution in [-0.2, 0) is 22.6 Å². The minimum absolute atomic E-state index is 0.159. The molecule has 0 spiro atoms. The second kappa shape index (κ2) is 9.72. The summed E-state index contributed by atoms with van der Waals surface area (Å²) in [6.45, 7) is 6.54. The summed E-state index contributed by atoms with van der Waals surface area (Å²) in [4.78, 5) is 42.3. The van der Waals surface area contributed by atoms with Crippen molar-refractivity contribution in [3.8, 4) is 0 Å². The van der Waals surface area contributed by atoms with E-state index in [-0.39, 0.29) is 30.0 Å². The van der Waals surface area contributed by atoms with Gasteiger partial charge in [0.1, 0.15) is 11.2 Å². The number of nitrogens with one attached hydrogen (secondary N) is 2. The number of ether oxygens (including phenoxy) is 1. The van der Waals surface area contributed by atoms with E-state index in [9.17, 15) is 14.4 Å². The van der Waals surface area contributed by atoms with Crippen LogP contribution in [0.1, 0.15) is 33.5 Å². The zero-order valence-corrected chi connectivity index (χ0v) is 19.0. The first-order valence-electron chi connectivity index (χ1n) is 11.1. The molecule has 2 aliphatic rings. The summed E-state index contributed by atoms with van der Waals surface area (Å²) in [7, 11) is 1.60. The third kappa shape index (κ3) is 4.91. The number of fused-ring (bicyclic) bond motifs is 1. The Hall–Kier alpha value is -3.24. The number of likely N-dealkylation sites (N-methyl/N-ethyl adjacent to an activating group) is 1. The minimum Gasteiger partial charge on any atom is -0.379 e. The normalized spacial score (nSPS) is 20.9. The number of carbonyl (C=O) groups excluding carboxylic acids is 3. The Bertz CT molecular complexity index is 1020. The maximum Gasteiger partial charge on any atom is 0.272 e. The van der Waals surface area contributed by atoms with Crippen LogP contribution in [0.3, 0.4) is 0 Å². The van der Waals surface area contributed by atoms with Gasteiger partial charge >= 0.3 is 0 Å². The van der Waals surface area contributed by atoms with Gasteiger partial charge in [0.2, 0.25) is 5.91 Å². The number of hydrogen-bond acceptors (Lipinski definition) is 6. The van der Waals surface area contributed by atoms with Gasteiger partial charge in [-0.2, -0.15) is 5.10 Å². The van der Waals surface area contributed by atoms with Crippen LogP contribution in [0.15, 0.2) is 36.4 Å². The van der Waals surface area contributed by atoms with Crippen molar-refractivity contribution in [1.29, 1.82) is 0 Å². The number of carbonyl (C=O) groups is 3. The summed E-state index contributed by atoms with van der Waals surface area (Å²) in [5, 5.41) is 10.1. The molecule has 2 N–H and O–H groups in total. The molecule has 33 heavy (non-hydrogen) atoms. The summed E-state index contributed by atoms with van der Waals surface area (Å²) in [5.74, 6) is -0.964. The summed E-state index contributed by atoms with van der Waals surface area (Å²) in [6, 6.07) is 11.1. The molecule has 0 aliphatic carbocycles. The minimum atomic E-state index is -1.13. The van der Waals surface area contributed by atoms with Crippen LogP contribution >= 0.6 is 0 Å². The van der Waals surface area contributed by atoms with E-state index in [1.165, 1.54) is 15.6 Å². The van der Waals surface area contributed by atoms with Crippen molar-refractivity contribution in [1.82, 2.24) is 30.2 Å². The van der Waals surface area contributed by atoms with Gasteiger partial charge in [0.05, 0.1) is 19.8 Å². The molecule has 1 saturated heterocycles. The van der Waals surface area contributed by atoms with Crippen LogP contribution in [0.2, 0.25) is 0 Å². The lowest BCUT2D eigenvalue weighted by molar-refractivity contribution is -0.132. The molecule has 1 aromatic carbocycles. The fourth-order valence-electron chi connectivity index (χ4n) is 4.05. The second-order valence-electron chi connectivity index (χ2n) is 8.59. The zero-order chi connectivity index (χ0) is 23.4. The first kappa shape index (κ1) is 22.9. The lowest BCUT2D eigenvalue weighted by Gasteiger charge is -2.40. The number of benzene rings is 1. The predicted molar refractivity (Wildman–Crippen MR) is 121 cm³/mol. The third-order valence-corrected chi connectivity index (χ3v) is 6.34. The molecule has 1 aromatic heterocycles. The van der Waals surface area contributed by atoms with Crippen molar-refractivity contribution in [2.24, 2.45) is 0 Å². The largest absolute Gasteiger partial charge is 0.379 e. The van der Waals surface area contributed by atoms with Crippen molar-refractivity contribution in [2.45, 2.75) is 25.6 Å². The summed E-state index contributed by atoms with van der Waals surface area (Å²) < 4.78 is 6.79. The highest BCUT2D eigenvalue weighted by Crippen LogP contribution is 2.26.